The monoisotopic (exact) mass is 694 g/mol. The molecule has 4 rings (SSSR count). The molecule has 254 valence electrons. The van der Waals surface area contributed by atoms with Gasteiger partial charge in [-0.3, -0.25) is 4.79 Å². The molecule has 0 aliphatic heterocycles. The molecule has 3 amide bonds. The first-order chi connectivity index (χ1) is 23.0. The van der Waals surface area contributed by atoms with E-state index in [4.69, 9.17) is 18.7 Å². The molecule has 1 aliphatic rings. The second kappa shape index (κ2) is 17.6. The SMILES string of the molecule is CC(C)(C)OC(=O)NCCCCC(NC(=O)OCC1c2ccccc2-c2ccccc21)C(=O)Nc1ccc(COC(=O)OP=NP)cc1. The number of alkyl carbamates (subject to hydrolysis) is 2. The van der Waals surface area contributed by atoms with Gasteiger partial charge in [-0.2, -0.15) is 0 Å². The van der Waals surface area contributed by atoms with E-state index < -0.39 is 35.9 Å². The Labute approximate surface area is 283 Å². The minimum Gasteiger partial charge on any atom is -0.449 e. The van der Waals surface area contributed by atoms with Crippen molar-refractivity contribution in [2.24, 2.45) is 4.52 Å². The van der Waals surface area contributed by atoms with Gasteiger partial charge in [0.15, 0.2) is 0 Å². The topological polar surface area (TPSA) is 154 Å². The molecule has 48 heavy (non-hydrogen) atoms. The molecule has 0 fully saturated rings. The smallest absolute Gasteiger partial charge is 0.449 e. The summed E-state index contributed by atoms with van der Waals surface area (Å²) < 4.78 is 24.2. The van der Waals surface area contributed by atoms with Gasteiger partial charge in [0.05, 0.1) is 0 Å². The molecule has 0 aromatic heterocycles. The Morgan fingerprint density at radius 2 is 1.52 bits per heavy atom. The van der Waals surface area contributed by atoms with E-state index in [1.54, 1.807) is 45.0 Å². The highest BCUT2D eigenvalue weighted by atomic mass is 31.1. The van der Waals surface area contributed by atoms with Gasteiger partial charge in [-0.25, -0.2) is 18.9 Å². The Bertz CT molecular complexity index is 1570. The highest BCUT2D eigenvalue weighted by Gasteiger charge is 2.30. The lowest BCUT2D eigenvalue weighted by molar-refractivity contribution is -0.118. The number of fused-ring (bicyclic) bond motifs is 3. The third-order valence-corrected chi connectivity index (χ3v) is 7.89. The second-order valence-electron chi connectivity index (χ2n) is 12.0. The minimum absolute atomic E-state index is 0.0251. The summed E-state index contributed by atoms with van der Waals surface area (Å²) in [7, 11) is 2.19. The summed E-state index contributed by atoms with van der Waals surface area (Å²) in [5.41, 5.74) is 4.94. The van der Waals surface area contributed by atoms with Gasteiger partial charge in [0, 0.05) is 18.2 Å². The molecule has 2 atom stereocenters. The summed E-state index contributed by atoms with van der Waals surface area (Å²) in [5.74, 6) is -0.560. The summed E-state index contributed by atoms with van der Waals surface area (Å²) in [4.78, 5) is 50.0. The van der Waals surface area contributed by atoms with Crippen LogP contribution in [0.4, 0.5) is 20.1 Å². The number of amides is 3. The van der Waals surface area contributed by atoms with Gasteiger partial charge in [0.25, 0.3) is 8.60 Å². The molecule has 3 aromatic rings. The Balaban J connectivity index is 1.35. The number of hydrogen-bond acceptors (Lipinski definition) is 9. The van der Waals surface area contributed by atoms with E-state index in [1.807, 2.05) is 36.4 Å². The van der Waals surface area contributed by atoms with Crippen LogP contribution in [0.15, 0.2) is 77.3 Å². The maximum atomic E-state index is 13.4. The van der Waals surface area contributed by atoms with Crippen molar-refractivity contribution in [3.05, 3.63) is 89.5 Å². The summed E-state index contributed by atoms with van der Waals surface area (Å²) >= 11 is 0. The van der Waals surface area contributed by atoms with Crippen molar-refractivity contribution in [3.8, 4) is 11.1 Å². The minimum atomic E-state index is -0.915. The molecule has 0 saturated heterocycles. The summed E-state index contributed by atoms with van der Waals surface area (Å²) in [6.45, 7) is 5.78. The first-order valence-electron chi connectivity index (χ1n) is 15.5. The van der Waals surface area contributed by atoms with Crippen LogP contribution in [0.3, 0.4) is 0 Å². The third kappa shape index (κ3) is 11.0. The lowest BCUT2D eigenvalue weighted by Crippen LogP contribution is -2.44. The van der Waals surface area contributed by atoms with Crippen molar-refractivity contribution < 1.29 is 37.9 Å². The number of anilines is 1. The van der Waals surface area contributed by atoms with Gasteiger partial charge in [0.2, 0.25) is 5.91 Å². The molecule has 2 unspecified atom stereocenters. The highest BCUT2D eigenvalue weighted by Crippen LogP contribution is 2.44. The van der Waals surface area contributed by atoms with Crippen LogP contribution >= 0.6 is 18.0 Å². The quantitative estimate of drug-likeness (QED) is 0.0712. The predicted octanol–water partition coefficient (Wildman–Crippen LogP) is 7.72. The van der Waals surface area contributed by atoms with Crippen LogP contribution in [0.1, 0.15) is 62.6 Å². The Morgan fingerprint density at radius 3 is 2.15 bits per heavy atom. The predicted molar refractivity (Wildman–Crippen MR) is 185 cm³/mol. The van der Waals surface area contributed by atoms with Crippen LogP contribution in [0.5, 0.6) is 0 Å². The van der Waals surface area contributed by atoms with E-state index in [0.717, 1.165) is 22.3 Å². The Morgan fingerprint density at radius 1 is 0.875 bits per heavy atom. The Kier molecular flexibility index (Phi) is 13.3. The average molecular weight is 695 g/mol. The first kappa shape index (κ1) is 36.3. The van der Waals surface area contributed by atoms with Gasteiger partial charge in [-0.15, -0.1) is 0 Å². The molecule has 0 radical (unpaired) electrons. The van der Waals surface area contributed by atoms with Gasteiger partial charge < -0.3 is 34.7 Å². The highest BCUT2D eigenvalue weighted by molar-refractivity contribution is 7.31. The van der Waals surface area contributed by atoms with Crippen molar-refractivity contribution in [2.45, 2.75) is 64.2 Å². The van der Waals surface area contributed by atoms with Crippen molar-refractivity contribution in [1.29, 1.82) is 0 Å². The van der Waals surface area contributed by atoms with Crippen LogP contribution in [0, 0.1) is 0 Å². The maximum Gasteiger partial charge on any atom is 0.518 e. The van der Waals surface area contributed by atoms with E-state index in [1.165, 1.54) is 0 Å². The molecule has 3 N–H and O–H groups in total. The number of nitrogens with one attached hydrogen (secondary N) is 3. The summed E-state index contributed by atoms with van der Waals surface area (Å²) in [5, 5.41) is 8.27. The maximum absolute atomic E-state index is 13.4. The molecule has 0 heterocycles. The standard InChI is InChI=1S/C34H40N4O8P2/c1-34(2,3)45-31(40)35-19-9-8-14-29(30(39)36-23-17-15-22(16-18-23)20-44-33(42)46-48-38-47)37-32(41)43-21-28-26-12-6-4-10-24(26)25-11-5-7-13-27(25)28/h4-7,10-13,15-18,28-29H,8-9,14,19-21,47H2,1-3H3,(H,35,40)(H,36,39)(H,37,41). The van der Waals surface area contributed by atoms with E-state index in [9.17, 15) is 19.2 Å². The van der Waals surface area contributed by atoms with Crippen LogP contribution in [0.2, 0.25) is 0 Å². The van der Waals surface area contributed by atoms with Gasteiger partial charge in [-0.1, -0.05) is 60.7 Å². The molecular formula is C34H40N4O8P2. The molecule has 14 heteroatoms. The van der Waals surface area contributed by atoms with Gasteiger partial charge in [-0.05, 0) is 89.4 Å². The number of ether oxygens (including phenoxy) is 3. The number of rotatable bonds is 13. The zero-order chi connectivity index (χ0) is 34.5. The van der Waals surface area contributed by atoms with Crippen molar-refractivity contribution in [2.75, 3.05) is 18.5 Å². The zero-order valence-electron chi connectivity index (χ0n) is 27.1. The third-order valence-electron chi connectivity index (χ3n) is 7.28. The van der Waals surface area contributed by atoms with Crippen LogP contribution < -0.4 is 16.0 Å². The van der Waals surface area contributed by atoms with E-state index in [-0.39, 0.29) is 27.7 Å². The summed E-state index contributed by atoms with van der Waals surface area (Å²) in [6, 6.07) is 21.9. The molecule has 1 aliphatic carbocycles. The van der Waals surface area contributed by atoms with Crippen LogP contribution in [0.25, 0.3) is 11.1 Å². The van der Waals surface area contributed by atoms with Gasteiger partial charge in [0.1, 0.15) is 24.9 Å². The number of unbranched alkanes of at least 4 members (excludes halogenated alkanes) is 1. The van der Waals surface area contributed by atoms with Gasteiger partial charge >= 0.3 is 18.3 Å². The molecule has 0 saturated carbocycles. The molecular weight excluding hydrogens is 654 g/mol. The van der Waals surface area contributed by atoms with Crippen molar-refractivity contribution in [3.63, 3.8) is 0 Å². The van der Waals surface area contributed by atoms with Crippen molar-refractivity contribution >= 4 is 47.9 Å². The number of nitrogens with zero attached hydrogens (tertiary/aromatic N) is 1. The van der Waals surface area contributed by atoms with Crippen LogP contribution in [-0.2, 0) is 30.1 Å². The molecule has 3 aromatic carbocycles. The van der Waals surface area contributed by atoms with E-state index in [0.29, 0.717) is 37.1 Å². The fourth-order valence-corrected chi connectivity index (χ4v) is 5.48. The molecule has 12 nitrogen and oxygen atoms in total. The lowest BCUT2D eigenvalue weighted by Gasteiger charge is -2.21. The summed E-state index contributed by atoms with van der Waals surface area (Å²) in [6.07, 6.45) is -0.720. The second-order valence-corrected chi connectivity index (χ2v) is 13.2. The largest absolute Gasteiger partial charge is 0.518 e. The number of carbonyl (C=O) groups is 4. The lowest BCUT2D eigenvalue weighted by atomic mass is 9.98. The normalized spacial score (nSPS) is 12.8. The first-order valence-corrected chi connectivity index (χ1v) is 16.7. The van der Waals surface area contributed by atoms with Crippen molar-refractivity contribution in [1.82, 2.24) is 10.6 Å². The number of hydrogen-bond donors (Lipinski definition) is 3. The van der Waals surface area contributed by atoms with Crippen LogP contribution in [-0.4, -0.2) is 49.0 Å². The van der Waals surface area contributed by atoms with E-state index in [2.05, 4.69) is 42.0 Å². The molecule has 0 spiro atoms. The fraction of sp³-hybridized carbons (Fsp3) is 0.353. The zero-order valence-corrected chi connectivity index (χ0v) is 29.1. The molecule has 0 bridgehead atoms. The Hall–Kier alpha value is -4.53. The van der Waals surface area contributed by atoms with E-state index >= 15 is 0 Å². The number of carbonyl (C=O) groups excluding carboxylic acids is 4. The average Bonchev–Trinajstić information content (AvgIpc) is 3.38. The number of benzene rings is 3. The fourth-order valence-electron chi connectivity index (χ4n) is 5.17.